The Morgan fingerprint density at radius 2 is 1.64 bits per heavy atom. The lowest BCUT2D eigenvalue weighted by molar-refractivity contribution is -0.158. The van der Waals surface area contributed by atoms with Crippen molar-refractivity contribution in [2.75, 3.05) is 13.7 Å². The minimum Gasteiger partial charge on any atom is -0.476 e. The van der Waals surface area contributed by atoms with E-state index in [9.17, 15) is 22.8 Å². The van der Waals surface area contributed by atoms with Crippen LogP contribution in [0.3, 0.4) is 0 Å². The molecular formula is C26H27F3N2O4S. The number of aryl methyl sites for hydroxylation is 1. The summed E-state index contributed by atoms with van der Waals surface area (Å²) in [5.74, 6) is -0.216. The minimum atomic E-state index is -4.41. The number of thiazole rings is 1. The van der Waals surface area contributed by atoms with Gasteiger partial charge >= 0.3 is 12.1 Å². The van der Waals surface area contributed by atoms with E-state index < -0.39 is 23.3 Å². The number of ether oxygens (including phenoxy) is 2. The van der Waals surface area contributed by atoms with Gasteiger partial charge in [0, 0.05) is 19.2 Å². The van der Waals surface area contributed by atoms with Crippen molar-refractivity contribution in [3.63, 3.8) is 0 Å². The summed E-state index contributed by atoms with van der Waals surface area (Å²) in [4.78, 5) is 31.4. The van der Waals surface area contributed by atoms with Gasteiger partial charge < -0.3 is 14.4 Å². The average Bonchev–Trinajstić information content (AvgIpc) is 3.20. The fraction of sp³-hybridized carbons (Fsp3) is 0.346. The number of rotatable bonds is 8. The highest BCUT2D eigenvalue weighted by atomic mass is 32.1. The zero-order chi connectivity index (χ0) is 26.7. The number of benzene rings is 2. The topological polar surface area (TPSA) is 68.7 Å². The van der Waals surface area contributed by atoms with Gasteiger partial charge in [-0.25, -0.2) is 9.78 Å². The largest absolute Gasteiger partial charge is 0.476 e. The Hall–Kier alpha value is -3.40. The molecule has 1 aromatic heterocycles. The molecular weight excluding hydrogens is 493 g/mol. The third kappa shape index (κ3) is 6.42. The number of hydrogen-bond acceptors (Lipinski definition) is 6. The van der Waals surface area contributed by atoms with E-state index in [1.165, 1.54) is 17.0 Å². The van der Waals surface area contributed by atoms with Crippen LogP contribution in [0.5, 0.6) is 5.75 Å². The van der Waals surface area contributed by atoms with Crippen molar-refractivity contribution in [2.45, 2.75) is 46.0 Å². The summed E-state index contributed by atoms with van der Waals surface area (Å²) in [6, 6.07) is 11.7. The third-order valence-electron chi connectivity index (χ3n) is 5.28. The lowest BCUT2D eigenvalue weighted by Gasteiger charge is -2.24. The van der Waals surface area contributed by atoms with Crippen LogP contribution in [-0.2, 0) is 22.3 Å². The van der Waals surface area contributed by atoms with Gasteiger partial charge in [-0.05, 0) is 57.5 Å². The second-order valence-electron chi connectivity index (χ2n) is 8.65. The maximum absolute atomic E-state index is 13.1. The van der Waals surface area contributed by atoms with Crippen LogP contribution < -0.4 is 4.74 Å². The fourth-order valence-corrected chi connectivity index (χ4v) is 4.41. The molecule has 0 bridgehead atoms. The van der Waals surface area contributed by atoms with E-state index in [2.05, 4.69) is 4.98 Å². The zero-order valence-electron chi connectivity index (χ0n) is 20.6. The summed E-state index contributed by atoms with van der Waals surface area (Å²) < 4.78 is 49.3. The lowest BCUT2D eigenvalue weighted by atomic mass is 10.1. The molecule has 0 aliphatic heterocycles. The normalized spacial score (nSPS) is 11.8. The van der Waals surface area contributed by atoms with Gasteiger partial charge in [0.2, 0.25) is 0 Å². The third-order valence-corrected chi connectivity index (χ3v) is 6.47. The maximum atomic E-state index is 13.1. The summed E-state index contributed by atoms with van der Waals surface area (Å²) in [5, 5.41) is 0.476. The molecule has 192 valence electrons. The standard InChI is InChI=1S/C26H27F3N2O4S/c1-6-34-24(33)25(3,4)35-20-13-7-17(8-14-20)15-31(5)23(32)21-16(2)30-22(36-21)18-9-11-19(12-10-18)26(27,28)29/h7-14H,6,15H2,1-5H3. The highest BCUT2D eigenvalue weighted by Crippen LogP contribution is 2.33. The molecule has 0 saturated carbocycles. The second kappa shape index (κ2) is 10.7. The van der Waals surface area contributed by atoms with Crippen LogP contribution in [0.2, 0.25) is 0 Å². The van der Waals surface area contributed by atoms with Crippen LogP contribution in [-0.4, -0.2) is 41.0 Å². The first-order valence-electron chi connectivity index (χ1n) is 11.2. The molecule has 6 nitrogen and oxygen atoms in total. The molecule has 0 saturated heterocycles. The Morgan fingerprint density at radius 3 is 2.19 bits per heavy atom. The number of carbonyl (C=O) groups excluding carboxylic acids is 2. The summed E-state index contributed by atoms with van der Waals surface area (Å²) >= 11 is 1.14. The second-order valence-corrected chi connectivity index (χ2v) is 9.65. The average molecular weight is 521 g/mol. The summed E-state index contributed by atoms with van der Waals surface area (Å²) in [5.41, 5.74) is -0.0109. The Labute approximate surface area is 211 Å². The minimum absolute atomic E-state index is 0.244. The summed E-state index contributed by atoms with van der Waals surface area (Å²) in [7, 11) is 1.66. The summed E-state index contributed by atoms with van der Waals surface area (Å²) in [6.07, 6.45) is -4.41. The molecule has 0 atom stereocenters. The van der Waals surface area contributed by atoms with Crippen molar-refractivity contribution in [3.8, 4) is 16.3 Å². The number of esters is 1. The van der Waals surface area contributed by atoms with Gasteiger partial charge in [-0.1, -0.05) is 24.3 Å². The van der Waals surface area contributed by atoms with Crippen molar-refractivity contribution in [3.05, 3.63) is 70.2 Å². The molecule has 36 heavy (non-hydrogen) atoms. The Balaban J connectivity index is 1.68. The number of halogens is 3. The van der Waals surface area contributed by atoms with Crippen LogP contribution in [0.4, 0.5) is 13.2 Å². The predicted octanol–water partition coefficient (Wildman–Crippen LogP) is 6.13. The van der Waals surface area contributed by atoms with Crippen molar-refractivity contribution in [2.24, 2.45) is 0 Å². The molecule has 3 rings (SSSR count). The highest BCUT2D eigenvalue weighted by Gasteiger charge is 2.32. The molecule has 0 fully saturated rings. The van der Waals surface area contributed by atoms with Gasteiger partial charge in [-0.15, -0.1) is 11.3 Å². The molecule has 0 radical (unpaired) electrons. The van der Waals surface area contributed by atoms with Crippen molar-refractivity contribution in [1.82, 2.24) is 9.88 Å². The smallest absolute Gasteiger partial charge is 0.416 e. The molecule has 0 unspecified atom stereocenters. The SMILES string of the molecule is CCOC(=O)C(C)(C)Oc1ccc(CN(C)C(=O)c2sc(-c3ccc(C(F)(F)F)cc3)nc2C)cc1. The molecule has 2 aromatic carbocycles. The van der Waals surface area contributed by atoms with E-state index in [0.717, 1.165) is 29.0 Å². The number of amides is 1. The van der Waals surface area contributed by atoms with Crippen molar-refractivity contribution in [1.29, 1.82) is 0 Å². The molecule has 0 spiro atoms. The molecule has 0 aliphatic carbocycles. The van der Waals surface area contributed by atoms with E-state index in [1.807, 2.05) is 0 Å². The lowest BCUT2D eigenvalue weighted by Crippen LogP contribution is -2.39. The van der Waals surface area contributed by atoms with Crippen LogP contribution in [0, 0.1) is 6.92 Å². The van der Waals surface area contributed by atoms with Crippen molar-refractivity contribution >= 4 is 23.2 Å². The van der Waals surface area contributed by atoms with Crippen LogP contribution in [0.15, 0.2) is 48.5 Å². The zero-order valence-corrected chi connectivity index (χ0v) is 21.4. The van der Waals surface area contributed by atoms with E-state index in [0.29, 0.717) is 33.4 Å². The number of carbonyl (C=O) groups is 2. The number of hydrogen-bond donors (Lipinski definition) is 0. The Kier molecular flexibility index (Phi) is 8.08. The van der Waals surface area contributed by atoms with Crippen molar-refractivity contribution < 1.29 is 32.2 Å². The first-order chi connectivity index (χ1) is 16.8. The van der Waals surface area contributed by atoms with E-state index >= 15 is 0 Å². The van der Waals surface area contributed by atoms with Gasteiger partial charge in [0.25, 0.3) is 5.91 Å². The molecule has 1 heterocycles. The monoisotopic (exact) mass is 520 g/mol. The number of aromatic nitrogens is 1. The number of nitrogens with zero attached hydrogens (tertiary/aromatic N) is 2. The first kappa shape index (κ1) is 27.2. The molecule has 0 N–H and O–H groups in total. The van der Waals surface area contributed by atoms with Crippen LogP contribution in [0.25, 0.3) is 10.6 Å². The van der Waals surface area contributed by atoms with Crippen LogP contribution >= 0.6 is 11.3 Å². The molecule has 0 aliphatic rings. The quantitative estimate of drug-likeness (QED) is 0.334. The predicted molar refractivity (Wildman–Crippen MR) is 131 cm³/mol. The Bertz CT molecular complexity index is 1220. The van der Waals surface area contributed by atoms with Gasteiger partial charge in [0.1, 0.15) is 15.6 Å². The van der Waals surface area contributed by atoms with E-state index in [1.54, 1.807) is 59.0 Å². The van der Waals surface area contributed by atoms with E-state index in [4.69, 9.17) is 9.47 Å². The molecule has 3 aromatic rings. The maximum Gasteiger partial charge on any atom is 0.416 e. The summed E-state index contributed by atoms with van der Waals surface area (Å²) in [6.45, 7) is 7.25. The Morgan fingerprint density at radius 1 is 1.03 bits per heavy atom. The highest BCUT2D eigenvalue weighted by molar-refractivity contribution is 7.17. The fourth-order valence-electron chi connectivity index (χ4n) is 3.34. The van der Waals surface area contributed by atoms with Gasteiger partial charge in [0.05, 0.1) is 17.9 Å². The van der Waals surface area contributed by atoms with Gasteiger partial charge in [0.15, 0.2) is 5.60 Å². The molecule has 1 amide bonds. The molecule has 10 heteroatoms. The van der Waals surface area contributed by atoms with Crippen LogP contribution in [0.1, 0.15) is 47.3 Å². The van der Waals surface area contributed by atoms with Gasteiger partial charge in [-0.3, -0.25) is 4.79 Å². The van der Waals surface area contributed by atoms with E-state index in [-0.39, 0.29) is 12.5 Å². The first-order valence-corrected chi connectivity index (χ1v) is 12.0. The number of alkyl halides is 3. The van der Waals surface area contributed by atoms with Gasteiger partial charge in [-0.2, -0.15) is 13.2 Å².